The Morgan fingerprint density at radius 3 is 3.04 bits per heavy atom. The molecule has 1 N–H and O–H groups in total. The lowest BCUT2D eigenvalue weighted by molar-refractivity contribution is 0.0520. The molecule has 24 heavy (non-hydrogen) atoms. The molecule has 1 fully saturated rings. The third kappa shape index (κ3) is 3.47. The summed E-state index contributed by atoms with van der Waals surface area (Å²) in [5, 5.41) is 4.07. The highest BCUT2D eigenvalue weighted by Crippen LogP contribution is 2.28. The molecule has 0 aliphatic carbocycles. The Kier molecular flexibility index (Phi) is 5.21. The van der Waals surface area contributed by atoms with Gasteiger partial charge in [0.2, 0.25) is 0 Å². The second-order valence-electron chi connectivity index (χ2n) is 6.05. The van der Waals surface area contributed by atoms with Gasteiger partial charge in [-0.1, -0.05) is 17.7 Å². The highest BCUT2D eigenvalue weighted by molar-refractivity contribution is 6.30. The normalized spacial score (nSPS) is 17.7. The molecule has 6 heteroatoms. The number of aryl methyl sites for hydroxylation is 1. The van der Waals surface area contributed by atoms with Crippen molar-refractivity contribution in [2.75, 3.05) is 19.7 Å². The van der Waals surface area contributed by atoms with Crippen LogP contribution in [0.4, 0.5) is 0 Å². The summed E-state index contributed by atoms with van der Waals surface area (Å²) in [6.45, 7) is 6.04. The smallest absolute Gasteiger partial charge is 0.358 e. The minimum atomic E-state index is -0.388. The summed E-state index contributed by atoms with van der Waals surface area (Å²) in [6.07, 6.45) is 3.91. The number of carbonyl (C=O) groups is 1. The number of piperidine rings is 1. The predicted octanol–water partition coefficient (Wildman–Crippen LogP) is 3.48. The minimum absolute atomic E-state index is 0.264. The van der Waals surface area contributed by atoms with E-state index in [4.69, 9.17) is 16.3 Å². The lowest BCUT2D eigenvalue weighted by atomic mass is 9.98. The van der Waals surface area contributed by atoms with Gasteiger partial charge < -0.3 is 14.6 Å². The molecule has 1 saturated heterocycles. The molecule has 1 aromatic carbocycles. The van der Waals surface area contributed by atoms with Crippen LogP contribution in [0.25, 0.3) is 5.69 Å². The lowest BCUT2D eigenvalue weighted by Crippen LogP contribution is -2.30. The van der Waals surface area contributed by atoms with E-state index in [1.54, 1.807) is 13.1 Å². The van der Waals surface area contributed by atoms with Crippen molar-refractivity contribution in [2.45, 2.75) is 32.6 Å². The van der Waals surface area contributed by atoms with Gasteiger partial charge in [0.1, 0.15) is 5.82 Å². The molecule has 128 valence electrons. The number of aromatic nitrogens is 2. The van der Waals surface area contributed by atoms with Gasteiger partial charge in [0.05, 0.1) is 12.3 Å². The maximum atomic E-state index is 12.1. The molecule has 3 rings (SSSR count). The number of nitrogens with one attached hydrogen (secondary N) is 1. The molecule has 0 bridgehead atoms. The average Bonchev–Trinajstić information content (AvgIpc) is 3.03. The fourth-order valence-corrected chi connectivity index (χ4v) is 3.26. The predicted molar refractivity (Wildman–Crippen MR) is 94.1 cm³/mol. The SMILES string of the molecule is CCOC(=O)c1cn(-c2cc(Cl)ccc2C)c(C2CCCNC2)n1. The molecular weight excluding hydrogens is 326 g/mol. The van der Waals surface area contributed by atoms with Crippen LogP contribution in [0.1, 0.15) is 47.6 Å². The molecule has 0 spiro atoms. The van der Waals surface area contributed by atoms with Gasteiger partial charge in [-0.2, -0.15) is 0 Å². The third-order valence-corrected chi connectivity index (χ3v) is 4.55. The van der Waals surface area contributed by atoms with Gasteiger partial charge in [0, 0.05) is 23.7 Å². The summed E-state index contributed by atoms with van der Waals surface area (Å²) < 4.78 is 7.11. The molecule has 0 radical (unpaired) electrons. The molecule has 1 unspecified atom stereocenters. The summed E-state index contributed by atoms with van der Waals surface area (Å²) in [7, 11) is 0. The van der Waals surface area contributed by atoms with Crippen LogP contribution in [-0.4, -0.2) is 35.2 Å². The fourth-order valence-electron chi connectivity index (χ4n) is 3.09. The van der Waals surface area contributed by atoms with E-state index in [1.165, 1.54) is 0 Å². The number of carbonyl (C=O) groups excluding carboxylic acids is 1. The Balaban J connectivity index is 2.08. The number of benzene rings is 1. The minimum Gasteiger partial charge on any atom is -0.461 e. The molecule has 0 saturated carbocycles. The first-order chi connectivity index (χ1) is 11.6. The third-order valence-electron chi connectivity index (χ3n) is 4.31. The van der Waals surface area contributed by atoms with E-state index in [0.717, 1.165) is 43.0 Å². The summed E-state index contributed by atoms with van der Waals surface area (Å²) in [4.78, 5) is 16.7. The van der Waals surface area contributed by atoms with Crippen molar-refractivity contribution in [3.63, 3.8) is 0 Å². The first-order valence-corrected chi connectivity index (χ1v) is 8.71. The quantitative estimate of drug-likeness (QED) is 0.860. The van der Waals surface area contributed by atoms with Gasteiger partial charge in [-0.3, -0.25) is 0 Å². The van der Waals surface area contributed by atoms with Crippen LogP contribution in [0.3, 0.4) is 0 Å². The zero-order valence-electron chi connectivity index (χ0n) is 14.0. The Labute approximate surface area is 147 Å². The maximum Gasteiger partial charge on any atom is 0.358 e. The first kappa shape index (κ1) is 17.0. The number of imidazole rings is 1. The zero-order valence-corrected chi connectivity index (χ0v) is 14.8. The van der Waals surface area contributed by atoms with Crippen molar-refractivity contribution in [3.8, 4) is 5.69 Å². The largest absolute Gasteiger partial charge is 0.461 e. The van der Waals surface area contributed by atoms with Crippen LogP contribution >= 0.6 is 11.6 Å². The Morgan fingerprint density at radius 1 is 1.50 bits per heavy atom. The van der Waals surface area contributed by atoms with Crippen molar-refractivity contribution in [2.24, 2.45) is 0 Å². The Bertz CT molecular complexity index is 736. The highest BCUT2D eigenvalue weighted by atomic mass is 35.5. The van der Waals surface area contributed by atoms with Gasteiger partial charge in [-0.15, -0.1) is 0 Å². The number of rotatable bonds is 4. The molecule has 2 aromatic rings. The van der Waals surface area contributed by atoms with E-state index in [-0.39, 0.29) is 11.9 Å². The van der Waals surface area contributed by atoms with E-state index in [9.17, 15) is 4.79 Å². The number of ether oxygens (including phenoxy) is 1. The molecule has 0 amide bonds. The molecule has 1 aliphatic rings. The van der Waals surface area contributed by atoms with Gasteiger partial charge in [-0.25, -0.2) is 9.78 Å². The first-order valence-electron chi connectivity index (χ1n) is 8.33. The van der Waals surface area contributed by atoms with Crippen molar-refractivity contribution in [1.82, 2.24) is 14.9 Å². The summed E-state index contributed by atoms with van der Waals surface area (Å²) in [5.74, 6) is 0.761. The molecule has 5 nitrogen and oxygen atoms in total. The number of halogens is 1. The Hall–Kier alpha value is -1.85. The van der Waals surface area contributed by atoms with E-state index >= 15 is 0 Å². The van der Waals surface area contributed by atoms with Gasteiger partial charge in [0.15, 0.2) is 5.69 Å². The fraction of sp³-hybridized carbons (Fsp3) is 0.444. The summed E-state index contributed by atoms with van der Waals surface area (Å²) in [5.41, 5.74) is 2.38. The van der Waals surface area contributed by atoms with Crippen LogP contribution < -0.4 is 5.32 Å². The topological polar surface area (TPSA) is 56.1 Å². The highest BCUT2D eigenvalue weighted by Gasteiger charge is 2.25. The van der Waals surface area contributed by atoms with Crippen molar-refractivity contribution >= 4 is 17.6 Å². The van der Waals surface area contributed by atoms with E-state index in [1.807, 2.05) is 29.7 Å². The van der Waals surface area contributed by atoms with Crippen LogP contribution in [0.15, 0.2) is 24.4 Å². The van der Waals surface area contributed by atoms with Crippen LogP contribution in [0, 0.1) is 6.92 Å². The zero-order chi connectivity index (χ0) is 17.1. The van der Waals surface area contributed by atoms with Crippen molar-refractivity contribution in [3.05, 3.63) is 46.5 Å². The molecule has 1 aliphatic heterocycles. The summed E-state index contributed by atoms with van der Waals surface area (Å²) in [6, 6.07) is 5.75. The molecular formula is C18H22ClN3O2. The van der Waals surface area contributed by atoms with Gasteiger partial charge in [0.25, 0.3) is 0 Å². The van der Waals surface area contributed by atoms with Crippen LogP contribution in [0.2, 0.25) is 5.02 Å². The van der Waals surface area contributed by atoms with E-state index in [0.29, 0.717) is 17.3 Å². The Morgan fingerprint density at radius 2 is 2.33 bits per heavy atom. The number of hydrogen-bond acceptors (Lipinski definition) is 4. The number of esters is 1. The van der Waals surface area contributed by atoms with Crippen LogP contribution in [0.5, 0.6) is 0 Å². The van der Waals surface area contributed by atoms with Crippen LogP contribution in [-0.2, 0) is 4.74 Å². The standard InChI is InChI=1S/C18H22ClN3O2/c1-3-24-18(23)15-11-22(16-9-14(19)7-6-12(16)2)17(21-15)13-5-4-8-20-10-13/h6-7,9,11,13,20H,3-5,8,10H2,1-2H3. The monoisotopic (exact) mass is 347 g/mol. The van der Waals surface area contributed by atoms with Gasteiger partial charge >= 0.3 is 5.97 Å². The van der Waals surface area contributed by atoms with Crippen molar-refractivity contribution in [1.29, 1.82) is 0 Å². The molecule has 1 aromatic heterocycles. The number of nitrogens with zero attached hydrogens (tertiary/aromatic N) is 2. The average molecular weight is 348 g/mol. The van der Waals surface area contributed by atoms with E-state index < -0.39 is 0 Å². The lowest BCUT2D eigenvalue weighted by Gasteiger charge is -2.23. The van der Waals surface area contributed by atoms with E-state index in [2.05, 4.69) is 10.3 Å². The molecule has 2 heterocycles. The molecule has 1 atom stereocenters. The second kappa shape index (κ2) is 7.36. The summed E-state index contributed by atoms with van der Waals surface area (Å²) >= 11 is 6.19. The van der Waals surface area contributed by atoms with Crippen molar-refractivity contribution < 1.29 is 9.53 Å². The maximum absolute atomic E-state index is 12.1. The van der Waals surface area contributed by atoms with Gasteiger partial charge in [-0.05, 0) is 50.9 Å². The number of hydrogen-bond donors (Lipinski definition) is 1. The second-order valence-corrected chi connectivity index (χ2v) is 6.49.